The van der Waals surface area contributed by atoms with Crippen LogP contribution in [0.3, 0.4) is 0 Å². The van der Waals surface area contributed by atoms with Gasteiger partial charge in [-0.25, -0.2) is 8.42 Å². The van der Waals surface area contributed by atoms with E-state index in [2.05, 4.69) is 6.58 Å². The summed E-state index contributed by atoms with van der Waals surface area (Å²) in [6, 6.07) is 4.90. The van der Waals surface area contributed by atoms with Crippen molar-refractivity contribution in [2.75, 3.05) is 5.75 Å². The zero-order valence-corrected chi connectivity index (χ0v) is 10.0. The van der Waals surface area contributed by atoms with E-state index in [9.17, 15) is 21.6 Å². The Balaban J connectivity index is 2.98. The molecule has 7 heteroatoms. The highest BCUT2D eigenvalue weighted by molar-refractivity contribution is 7.91. The molecule has 0 spiro atoms. The Bertz CT molecular complexity index is 517. The van der Waals surface area contributed by atoms with Gasteiger partial charge in [-0.15, -0.1) is 0 Å². The maximum Gasteiger partial charge on any atom is 0.413 e. The first kappa shape index (κ1) is 14.1. The molecule has 0 amide bonds. The molecule has 0 atom stereocenters. The Hall–Kier alpha value is -1.01. The Labute approximate surface area is 102 Å². The zero-order valence-electron chi connectivity index (χ0n) is 8.46. The van der Waals surface area contributed by atoms with Crippen molar-refractivity contribution in [1.82, 2.24) is 0 Å². The van der Waals surface area contributed by atoms with Gasteiger partial charge in [0, 0.05) is 10.6 Å². The second-order valence-corrected chi connectivity index (χ2v) is 5.74. The summed E-state index contributed by atoms with van der Waals surface area (Å²) >= 11 is 5.55. The van der Waals surface area contributed by atoms with E-state index in [0.717, 1.165) is 12.1 Å². The average molecular weight is 285 g/mol. The fraction of sp³-hybridized carbons (Fsp3) is 0.200. The lowest BCUT2D eigenvalue weighted by atomic mass is 10.3. The predicted molar refractivity (Wildman–Crippen MR) is 58.7 cm³/mol. The Morgan fingerprint density at radius 1 is 1.24 bits per heavy atom. The lowest BCUT2D eigenvalue weighted by molar-refractivity contribution is -0.0905. The molecule has 17 heavy (non-hydrogen) atoms. The van der Waals surface area contributed by atoms with Gasteiger partial charge in [0.15, 0.2) is 9.84 Å². The molecule has 0 heterocycles. The van der Waals surface area contributed by atoms with Crippen LogP contribution in [0.15, 0.2) is 41.3 Å². The van der Waals surface area contributed by atoms with E-state index in [4.69, 9.17) is 11.6 Å². The van der Waals surface area contributed by atoms with E-state index in [-0.39, 0.29) is 4.90 Å². The van der Waals surface area contributed by atoms with Gasteiger partial charge in [0.05, 0.1) is 10.6 Å². The molecule has 0 aromatic heterocycles. The van der Waals surface area contributed by atoms with E-state index < -0.39 is 27.3 Å². The third-order valence-corrected chi connectivity index (χ3v) is 3.91. The van der Waals surface area contributed by atoms with Crippen LogP contribution in [0.1, 0.15) is 0 Å². The highest BCUT2D eigenvalue weighted by Gasteiger charge is 2.35. The summed E-state index contributed by atoms with van der Waals surface area (Å²) in [5, 5.41) is 0.304. The normalized spacial score (nSPS) is 12.5. The Kier molecular flexibility index (Phi) is 3.88. The number of sulfone groups is 1. The van der Waals surface area contributed by atoms with Gasteiger partial charge in [0.25, 0.3) is 0 Å². The maximum atomic E-state index is 12.2. The predicted octanol–water partition coefficient (Wildman–Crippen LogP) is 3.23. The largest absolute Gasteiger partial charge is 0.413 e. The van der Waals surface area contributed by atoms with E-state index in [1.54, 1.807) is 0 Å². The van der Waals surface area contributed by atoms with Gasteiger partial charge in [0.1, 0.15) is 0 Å². The third kappa shape index (κ3) is 3.74. The summed E-state index contributed by atoms with van der Waals surface area (Å²) < 4.78 is 59.7. The molecular formula is C10H8ClF3O2S. The second kappa shape index (κ2) is 4.70. The molecule has 0 radical (unpaired) electrons. The number of benzene rings is 1. The summed E-state index contributed by atoms with van der Waals surface area (Å²) in [4.78, 5) is -0.215. The van der Waals surface area contributed by atoms with Crippen LogP contribution in [-0.2, 0) is 9.84 Å². The van der Waals surface area contributed by atoms with Crippen molar-refractivity contribution in [3.63, 3.8) is 0 Å². The summed E-state index contributed by atoms with van der Waals surface area (Å²) in [6.07, 6.45) is -4.71. The van der Waals surface area contributed by atoms with Gasteiger partial charge >= 0.3 is 6.18 Å². The van der Waals surface area contributed by atoms with Crippen molar-refractivity contribution in [2.45, 2.75) is 11.1 Å². The Morgan fingerprint density at radius 2 is 1.71 bits per heavy atom. The van der Waals surface area contributed by atoms with E-state index in [1.807, 2.05) is 0 Å². The molecule has 0 unspecified atom stereocenters. The Morgan fingerprint density at radius 3 is 2.12 bits per heavy atom. The molecule has 0 saturated heterocycles. The highest BCUT2D eigenvalue weighted by atomic mass is 35.5. The molecule has 0 N–H and O–H groups in total. The quantitative estimate of drug-likeness (QED) is 0.799. The molecule has 94 valence electrons. The average Bonchev–Trinajstić information content (AvgIpc) is 2.16. The van der Waals surface area contributed by atoms with Gasteiger partial charge in [-0.05, 0) is 24.3 Å². The molecule has 1 aromatic rings. The van der Waals surface area contributed by atoms with Crippen LogP contribution in [0.5, 0.6) is 0 Å². The number of rotatable bonds is 3. The zero-order chi connectivity index (χ0) is 13.3. The van der Waals surface area contributed by atoms with Crippen LogP contribution in [0.25, 0.3) is 0 Å². The van der Waals surface area contributed by atoms with Crippen LogP contribution >= 0.6 is 11.6 Å². The molecule has 0 aliphatic heterocycles. The first-order valence-electron chi connectivity index (χ1n) is 4.36. The number of hydrogen-bond acceptors (Lipinski definition) is 2. The van der Waals surface area contributed by atoms with Crippen LogP contribution in [0.4, 0.5) is 13.2 Å². The first-order valence-corrected chi connectivity index (χ1v) is 6.39. The number of alkyl halides is 3. The highest BCUT2D eigenvalue weighted by Crippen LogP contribution is 2.27. The van der Waals surface area contributed by atoms with Crippen LogP contribution in [0.2, 0.25) is 5.02 Å². The van der Waals surface area contributed by atoms with E-state index in [1.165, 1.54) is 12.1 Å². The van der Waals surface area contributed by atoms with Crippen molar-refractivity contribution in [2.24, 2.45) is 0 Å². The summed E-state index contributed by atoms with van der Waals surface area (Å²) in [7, 11) is -4.04. The maximum absolute atomic E-state index is 12.2. The van der Waals surface area contributed by atoms with E-state index >= 15 is 0 Å². The lowest BCUT2D eigenvalue weighted by Crippen LogP contribution is -2.19. The molecule has 0 saturated carbocycles. The van der Waals surface area contributed by atoms with Crippen molar-refractivity contribution >= 4 is 21.4 Å². The third-order valence-electron chi connectivity index (χ3n) is 1.94. The molecule has 2 nitrogen and oxygen atoms in total. The van der Waals surface area contributed by atoms with Crippen molar-refractivity contribution < 1.29 is 21.6 Å². The van der Waals surface area contributed by atoms with Crippen LogP contribution < -0.4 is 0 Å². The summed E-state index contributed by atoms with van der Waals surface area (Å²) in [5.74, 6) is -1.15. The number of hydrogen-bond donors (Lipinski definition) is 0. The molecule has 0 fully saturated rings. The van der Waals surface area contributed by atoms with Gasteiger partial charge in [-0.2, -0.15) is 13.2 Å². The van der Waals surface area contributed by atoms with Crippen LogP contribution in [0, 0.1) is 0 Å². The fourth-order valence-electron chi connectivity index (χ4n) is 1.04. The van der Waals surface area contributed by atoms with Crippen molar-refractivity contribution in [3.05, 3.63) is 41.4 Å². The van der Waals surface area contributed by atoms with Crippen LogP contribution in [-0.4, -0.2) is 20.3 Å². The minimum absolute atomic E-state index is 0.215. The smallest absolute Gasteiger partial charge is 0.223 e. The van der Waals surface area contributed by atoms with Gasteiger partial charge < -0.3 is 0 Å². The monoisotopic (exact) mass is 284 g/mol. The molecule has 1 aromatic carbocycles. The minimum Gasteiger partial charge on any atom is -0.223 e. The minimum atomic E-state index is -4.71. The fourth-order valence-corrected chi connectivity index (χ4v) is 2.50. The SMILES string of the molecule is C=C(CS(=O)(=O)c1ccc(Cl)cc1)C(F)(F)F. The van der Waals surface area contributed by atoms with Gasteiger partial charge in [-0.1, -0.05) is 18.2 Å². The second-order valence-electron chi connectivity index (χ2n) is 3.31. The molecule has 0 aliphatic rings. The summed E-state index contributed by atoms with van der Waals surface area (Å²) in [6.45, 7) is 2.72. The molecule has 1 rings (SSSR count). The van der Waals surface area contributed by atoms with Crippen molar-refractivity contribution in [3.8, 4) is 0 Å². The molecule has 0 bridgehead atoms. The molecular weight excluding hydrogens is 277 g/mol. The van der Waals surface area contributed by atoms with Crippen molar-refractivity contribution in [1.29, 1.82) is 0 Å². The number of halogens is 4. The topological polar surface area (TPSA) is 34.1 Å². The van der Waals surface area contributed by atoms with Gasteiger partial charge in [-0.3, -0.25) is 0 Å². The lowest BCUT2D eigenvalue weighted by Gasteiger charge is -2.10. The van der Waals surface area contributed by atoms with E-state index in [0.29, 0.717) is 5.02 Å². The first-order chi connectivity index (χ1) is 7.63. The standard InChI is InChI=1S/C10H8ClF3O2S/c1-7(10(12,13)14)6-17(15,16)9-4-2-8(11)3-5-9/h2-5H,1,6H2. The molecule has 0 aliphatic carbocycles. The summed E-state index contributed by atoms with van der Waals surface area (Å²) in [5.41, 5.74) is -1.30. The van der Waals surface area contributed by atoms with Gasteiger partial charge in [0.2, 0.25) is 0 Å².